The summed E-state index contributed by atoms with van der Waals surface area (Å²) in [6, 6.07) is 14.9. The number of hydrogen-bond donors (Lipinski definition) is 1. The van der Waals surface area contributed by atoms with Crippen molar-refractivity contribution in [2.75, 3.05) is 13.7 Å². The summed E-state index contributed by atoms with van der Waals surface area (Å²) in [6.45, 7) is 5.02. The number of methoxy groups -OCH3 is 1. The minimum Gasteiger partial charge on any atom is -0.497 e. The quantitative estimate of drug-likeness (QED) is 0.748. The van der Waals surface area contributed by atoms with Crippen molar-refractivity contribution in [1.82, 2.24) is 14.9 Å². The molecule has 0 bridgehead atoms. The van der Waals surface area contributed by atoms with E-state index in [0.717, 1.165) is 29.9 Å². The molecule has 25 heavy (non-hydrogen) atoms. The summed E-state index contributed by atoms with van der Waals surface area (Å²) in [7, 11) is 1.63. The van der Waals surface area contributed by atoms with Crippen LogP contribution in [-0.2, 0) is 0 Å². The van der Waals surface area contributed by atoms with Crippen LogP contribution in [0.15, 0.2) is 53.3 Å². The molecular formula is C20H23N3O2. The van der Waals surface area contributed by atoms with Crippen LogP contribution in [0.3, 0.4) is 0 Å². The molecule has 130 valence electrons. The molecule has 0 unspecified atom stereocenters. The molecule has 1 heterocycles. The number of benzene rings is 2. The highest BCUT2D eigenvalue weighted by atomic mass is 16.5. The topological polar surface area (TPSA) is 56.2 Å². The van der Waals surface area contributed by atoms with E-state index in [0.29, 0.717) is 11.2 Å². The van der Waals surface area contributed by atoms with Crippen LogP contribution < -0.4 is 15.6 Å². The zero-order valence-electron chi connectivity index (χ0n) is 14.8. The molecule has 0 radical (unpaired) electrons. The van der Waals surface area contributed by atoms with Gasteiger partial charge in [-0.2, -0.15) is 0 Å². The summed E-state index contributed by atoms with van der Waals surface area (Å²) in [5.41, 5.74) is 1.44. The predicted octanol–water partition coefficient (Wildman–Crippen LogP) is 3.45. The summed E-state index contributed by atoms with van der Waals surface area (Å²) in [5.74, 6) is 1.46. The van der Waals surface area contributed by atoms with Crippen molar-refractivity contribution in [2.24, 2.45) is 0 Å². The van der Waals surface area contributed by atoms with E-state index in [1.165, 1.54) is 0 Å². The molecule has 5 heteroatoms. The summed E-state index contributed by atoms with van der Waals surface area (Å²) in [6.07, 6.45) is 1.02. The van der Waals surface area contributed by atoms with Crippen molar-refractivity contribution < 1.29 is 4.74 Å². The van der Waals surface area contributed by atoms with E-state index < -0.39 is 0 Å². The largest absolute Gasteiger partial charge is 0.497 e. The molecule has 1 atom stereocenters. The molecule has 0 spiro atoms. The Morgan fingerprint density at radius 1 is 1.16 bits per heavy atom. The van der Waals surface area contributed by atoms with Gasteiger partial charge in [-0.15, -0.1) is 0 Å². The van der Waals surface area contributed by atoms with Crippen LogP contribution in [0.25, 0.3) is 16.6 Å². The van der Waals surface area contributed by atoms with Crippen LogP contribution in [0.4, 0.5) is 0 Å². The third-order valence-electron chi connectivity index (χ3n) is 4.22. The molecule has 5 nitrogen and oxygen atoms in total. The number of ether oxygens (including phenoxy) is 1. The second-order valence-corrected chi connectivity index (χ2v) is 6.00. The van der Waals surface area contributed by atoms with Crippen molar-refractivity contribution in [3.05, 3.63) is 64.7 Å². The molecule has 0 amide bonds. The molecule has 1 aromatic heterocycles. The lowest BCUT2D eigenvalue weighted by Gasteiger charge is -2.19. The predicted molar refractivity (Wildman–Crippen MR) is 101 cm³/mol. The highest BCUT2D eigenvalue weighted by Crippen LogP contribution is 2.20. The van der Waals surface area contributed by atoms with Gasteiger partial charge in [0.1, 0.15) is 11.6 Å². The summed E-state index contributed by atoms with van der Waals surface area (Å²) in [4.78, 5) is 17.9. The Kier molecular flexibility index (Phi) is 5.14. The number of para-hydroxylation sites is 1. The van der Waals surface area contributed by atoms with Gasteiger partial charge in [-0.05, 0) is 56.3 Å². The fourth-order valence-electron chi connectivity index (χ4n) is 2.87. The van der Waals surface area contributed by atoms with Gasteiger partial charge in [-0.25, -0.2) is 4.98 Å². The van der Waals surface area contributed by atoms with Gasteiger partial charge in [0.15, 0.2) is 0 Å². The Morgan fingerprint density at radius 3 is 2.56 bits per heavy atom. The first kappa shape index (κ1) is 17.2. The molecule has 0 aliphatic rings. The number of nitrogens with one attached hydrogen (secondary N) is 1. The Labute approximate surface area is 147 Å². The van der Waals surface area contributed by atoms with Crippen molar-refractivity contribution in [3.8, 4) is 11.4 Å². The normalized spacial score (nSPS) is 12.3. The first-order valence-corrected chi connectivity index (χ1v) is 8.55. The summed E-state index contributed by atoms with van der Waals surface area (Å²) < 4.78 is 6.91. The van der Waals surface area contributed by atoms with Crippen LogP contribution in [0, 0.1) is 0 Å². The van der Waals surface area contributed by atoms with Crippen molar-refractivity contribution in [3.63, 3.8) is 0 Å². The highest BCUT2D eigenvalue weighted by molar-refractivity contribution is 5.77. The fourth-order valence-corrected chi connectivity index (χ4v) is 2.87. The monoisotopic (exact) mass is 337 g/mol. The molecule has 0 saturated carbocycles. The third-order valence-corrected chi connectivity index (χ3v) is 4.22. The molecule has 0 saturated heterocycles. The number of nitrogens with zero attached hydrogens (tertiary/aromatic N) is 2. The number of rotatable bonds is 6. The van der Waals surface area contributed by atoms with Crippen LogP contribution in [0.1, 0.15) is 32.1 Å². The van der Waals surface area contributed by atoms with E-state index in [1.54, 1.807) is 11.7 Å². The standard InChI is InChI=1S/C20H23N3O2/c1-4-13-21-14(2)19-22-18-8-6-5-7-17(18)20(24)23(19)15-9-11-16(25-3)12-10-15/h5-12,14,21H,4,13H2,1-3H3/t14-/m1/s1. The average molecular weight is 337 g/mol. The maximum atomic E-state index is 13.1. The van der Waals surface area contributed by atoms with Gasteiger partial charge in [0.25, 0.3) is 5.56 Å². The zero-order valence-corrected chi connectivity index (χ0v) is 14.8. The Bertz CT molecular complexity index is 916. The van der Waals surface area contributed by atoms with Crippen molar-refractivity contribution in [1.29, 1.82) is 0 Å². The molecule has 0 aliphatic carbocycles. The summed E-state index contributed by atoms with van der Waals surface area (Å²) >= 11 is 0. The first-order valence-electron chi connectivity index (χ1n) is 8.55. The number of hydrogen-bond acceptors (Lipinski definition) is 4. The van der Waals surface area contributed by atoms with E-state index in [4.69, 9.17) is 9.72 Å². The molecule has 2 aromatic carbocycles. The Balaban J connectivity index is 2.22. The molecule has 3 aromatic rings. The summed E-state index contributed by atoms with van der Waals surface area (Å²) in [5, 5.41) is 4.04. The van der Waals surface area contributed by atoms with Crippen molar-refractivity contribution in [2.45, 2.75) is 26.3 Å². The molecular weight excluding hydrogens is 314 g/mol. The van der Waals surface area contributed by atoms with E-state index >= 15 is 0 Å². The van der Waals surface area contributed by atoms with Gasteiger partial charge in [0, 0.05) is 0 Å². The Morgan fingerprint density at radius 2 is 1.88 bits per heavy atom. The number of aromatic nitrogens is 2. The zero-order chi connectivity index (χ0) is 17.8. The lowest BCUT2D eigenvalue weighted by molar-refractivity contribution is 0.414. The van der Waals surface area contributed by atoms with Gasteiger partial charge in [0.2, 0.25) is 0 Å². The minimum absolute atomic E-state index is 0.0423. The van der Waals surface area contributed by atoms with Crippen LogP contribution in [-0.4, -0.2) is 23.2 Å². The van der Waals surface area contributed by atoms with Crippen molar-refractivity contribution >= 4 is 10.9 Å². The minimum atomic E-state index is -0.0593. The molecule has 1 N–H and O–H groups in total. The van der Waals surface area contributed by atoms with Crippen LogP contribution in [0.2, 0.25) is 0 Å². The second-order valence-electron chi connectivity index (χ2n) is 6.00. The van der Waals surface area contributed by atoms with E-state index in [9.17, 15) is 4.79 Å². The maximum Gasteiger partial charge on any atom is 0.266 e. The Hall–Kier alpha value is -2.66. The van der Waals surface area contributed by atoms with Gasteiger partial charge in [-0.3, -0.25) is 9.36 Å². The molecule has 0 fully saturated rings. The van der Waals surface area contributed by atoms with Gasteiger partial charge in [0.05, 0.1) is 29.7 Å². The fraction of sp³-hybridized carbons (Fsp3) is 0.300. The van der Waals surface area contributed by atoms with E-state index in [2.05, 4.69) is 12.2 Å². The van der Waals surface area contributed by atoms with Gasteiger partial charge >= 0.3 is 0 Å². The van der Waals surface area contributed by atoms with Gasteiger partial charge < -0.3 is 10.1 Å². The lowest BCUT2D eigenvalue weighted by Crippen LogP contribution is -2.30. The molecule has 0 aliphatic heterocycles. The lowest BCUT2D eigenvalue weighted by atomic mass is 10.2. The van der Waals surface area contributed by atoms with Gasteiger partial charge in [-0.1, -0.05) is 19.1 Å². The van der Waals surface area contributed by atoms with E-state index in [1.807, 2.05) is 55.5 Å². The van der Waals surface area contributed by atoms with Crippen LogP contribution in [0.5, 0.6) is 5.75 Å². The maximum absolute atomic E-state index is 13.1. The van der Waals surface area contributed by atoms with E-state index in [-0.39, 0.29) is 11.6 Å². The smallest absolute Gasteiger partial charge is 0.266 e. The molecule has 3 rings (SSSR count). The first-order chi connectivity index (χ1) is 12.2. The SMILES string of the molecule is CCCN[C@H](C)c1nc2ccccc2c(=O)n1-c1ccc(OC)cc1. The van der Waals surface area contributed by atoms with Crippen LogP contribution >= 0.6 is 0 Å². The third kappa shape index (κ3) is 3.42. The second kappa shape index (κ2) is 7.49. The number of fused-ring (bicyclic) bond motifs is 1. The highest BCUT2D eigenvalue weighted by Gasteiger charge is 2.17. The average Bonchev–Trinajstić information content (AvgIpc) is 2.66.